The number of hydrogen-bond donors (Lipinski definition) is 0. The van der Waals surface area contributed by atoms with Crippen molar-refractivity contribution in [2.75, 3.05) is 13.1 Å². The second kappa shape index (κ2) is 5.32. The molecule has 0 spiro atoms. The van der Waals surface area contributed by atoms with Gasteiger partial charge in [0.1, 0.15) is 0 Å². The second-order valence-electron chi connectivity index (χ2n) is 5.43. The minimum atomic E-state index is -2.66. The van der Waals surface area contributed by atoms with Crippen LogP contribution >= 0.6 is 0 Å². The SMILES string of the molecule is CCCCC(C)(CCC)C(=O)N1CC(F)(F)C1. The minimum Gasteiger partial charge on any atom is -0.330 e. The van der Waals surface area contributed by atoms with Crippen molar-refractivity contribution in [1.29, 1.82) is 0 Å². The molecular formula is C13H23F2NO. The van der Waals surface area contributed by atoms with Gasteiger partial charge in [0, 0.05) is 5.41 Å². The fourth-order valence-corrected chi connectivity index (χ4v) is 2.50. The molecule has 0 aromatic heterocycles. The molecule has 1 amide bonds. The lowest BCUT2D eigenvalue weighted by Crippen LogP contribution is -2.61. The lowest BCUT2D eigenvalue weighted by Gasteiger charge is -2.43. The zero-order valence-electron chi connectivity index (χ0n) is 11.1. The van der Waals surface area contributed by atoms with Crippen LogP contribution in [0.1, 0.15) is 52.9 Å². The van der Waals surface area contributed by atoms with Crippen LogP contribution in [-0.4, -0.2) is 29.8 Å². The van der Waals surface area contributed by atoms with Crippen molar-refractivity contribution in [3.8, 4) is 0 Å². The van der Waals surface area contributed by atoms with Crippen LogP contribution in [0.5, 0.6) is 0 Å². The first-order valence-corrected chi connectivity index (χ1v) is 6.52. The molecule has 17 heavy (non-hydrogen) atoms. The first kappa shape index (κ1) is 14.4. The molecule has 1 heterocycles. The van der Waals surface area contributed by atoms with Gasteiger partial charge in [-0.3, -0.25) is 4.79 Å². The molecule has 4 heteroatoms. The molecule has 1 aliphatic heterocycles. The van der Waals surface area contributed by atoms with E-state index in [2.05, 4.69) is 6.92 Å². The average molecular weight is 247 g/mol. The number of hydrogen-bond acceptors (Lipinski definition) is 1. The molecule has 1 atom stereocenters. The number of unbranched alkanes of at least 4 members (excludes halogenated alkanes) is 1. The quantitative estimate of drug-likeness (QED) is 0.704. The van der Waals surface area contributed by atoms with Crippen molar-refractivity contribution < 1.29 is 13.6 Å². The van der Waals surface area contributed by atoms with Gasteiger partial charge in [-0.05, 0) is 12.8 Å². The summed E-state index contributed by atoms with van der Waals surface area (Å²) in [6.07, 6.45) is 4.51. The Morgan fingerprint density at radius 2 is 1.82 bits per heavy atom. The molecule has 0 aromatic rings. The maximum absolute atomic E-state index is 12.8. The van der Waals surface area contributed by atoms with Crippen molar-refractivity contribution in [2.24, 2.45) is 5.41 Å². The molecule has 1 unspecified atom stereocenters. The highest BCUT2D eigenvalue weighted by Crippen LogP contribution is 2.36. The third-order valence-electron chi connectivity index (χ3n) is 3.53. The Morgan fingerprint density at radius 3 is 2.24 bits per heavy atom. The Kier molecular flexibility index (Phi) is 4.50. The highest BCUT2D eigenvalue weighted by molar-refractivity contribution is 5.83. The Hall–Kier alpha value is -0.670. The standard InChI is InChI=1S/C13H23F2NO/c1-4-6-8-12(3,7-5-2)11(17)16-9-13(14,15)10-16/h4-10H2,1-3H3. The van der Waals surface area contributed by atoms with Gasteiger partial charge < -0.3 is 4.90 Å². The minimum absolute atomic E-state index is 0.0845. The maximum Gasteiger partial charge on any atom is 0.282 e. The normalized spacial score (nSPS) is 21.8. The average Bonchev–Trinajstić information content (AvgIpc) is 2.22. The van der Waals surface area contributed by atoms with Crippen LogP contribution in [0.4, 0.5) is 8.78 Å². The van der Waals surface area contributed by atoms with Gasteiger partial charge in [-0.15, -0.1) is 0 Å². The van der Waals surface area contributed by atoms with Gasteiger partial charge in [-0.1, -0.05) is 40.0 Å². The van der Waals surface area contributed by atoms with Crippen LogP contribution in [0.15, 0.2) is 0 Å². The second-order valence-corrected chi connectivity index (χ2v) is 5.43. The summed E-state index contributed by atoms with van der Waals surface area (Å²) in [5.41, 5.74) is -0.443. The summed E-state index contributed by atoms with van der Waals surface area (Å²) in [7, 11) is 0. The molecule has 1 aliphatic rings. The van der Waals surface area contributed by atoms with Crippen LogP contribution in [0.3, 0.4) is 0 Å². The van der Waals surface area contributed by atoms with E-state index in [0.717, 1.165) is 32.1 Å². The summed E-state index contributed by atoms with van der Waals surface area (Å²) in [5.74, 6) is -2.74. The maximum atomic E-state index is 12.8. The van der Waals surface area contributed by atoms with Crippen molar-refractivity contribution in [2.45, 2.75) is 58.8 Å². The fraction of sp³-hybridized carbons (Fsp3) is 0.923. The number of carbonyl (C=O) groups is 1. The van der Waals surface area contributed by atoms with Gasteiger partial charge in [0.25, 0.3) is 5.92 Å². The lowest BCUT2D eigenvalue weighted by atomic mass is 9.78. The predicted octanol–water partition coefficient (Wildman–Crippen LogP) is 3.46. The van der Waals surface area contributed by atoms with Gasteiger partial charge in [-0.25, -0.2) is 8.78 Å². The van der Waals surface area contributed by atoms with Gasteiger partial charge >= 0.3 is 0 Å². The molecule has 0 radical (unpaired) electrons. The molecule has 2 nitrogen and oxygen atoms in total. The molecular weight excluding hydrogens is 224 g/mol. The molecule has 0 N–H and O–H groups in total. The van der Waals surface area contributed by atoms with E-state index >= 15 is 0 Å². The first-order chi connectivity index (χ1) is 7.84. The van der Waals surface area contributed by atoms with Crippen molar-refractivity contribution in [3.05, 3.63) is 0 Å². The summed E-state index contributed by atoms with van der Waals surface area (Å²) in [6, 6.07) is 0. The van der Waals surface area contributed by atoms with Crippen LogP contribution in [-0.2, 0) is 4.79 Å². The number of nitrogens with zero attached hydrogens (tertiary/aromatic N) is 1. The Bertz CT molecular complexity index is 273. The summed E-state index contributed by atoms with van der Waals surface area (Å²) >= 11 is 0. The van der Waals surface area contributed by atoms with Gasteiger partial charge in [0.15, 0.2) is 0 Å². The monoisotopic (exact) mass is 247 g/mol. The molecule has 0 bridgehead atoms. The van der Waals surface area contributed by atoms with E-state index in [1.54, 1.807) is 0 Å². The third kappa shape index (κ3) is 3.39. The molecule has 0 aliphatic carbocycles. The molecule has 0 aromatic carbocycles. The number of carbonyl (C=O) groups excluding carboxylic acids is 1. The zero-order valence-corrected chi connectivity index (χ0v) is 11.1. The predicted molar refractivity (Wildman–Crippen MR) is 64.1 cm³/mol. The van der Waals surface area contributed by atoms with E-state index in [4.69, 9.17) is 0 Å². The summed E-state index contributed by atoms with van der Waals surface area (Å²) in [6.45, 7) is 5.25. The van der Waals surface area contributed by atoms with Crippen molar-refractivity contribution in [1.82, 2.24) is 4.90 Å². The van der Waals surface area contributed by atoms with E-state index in [1.165, 1.54) is 4.90 Å². The highest BCUT2D eigenvalue weighted by Gasteiger charge is 2.49. The summed E-state index contributed by atoms with van der Waals surface area (Å²) in [4.78, 5) is 13.5. The van der Waals surface area contributed by atoms with Gasteiger partial charge in [-0.2, -0.15) is 0 Å². The third-order valence-corrected chi connectivity index (χ3v) is 3.53. The molecule has 1 rings (SSSR count). The lowest BCUT2D eigenvalue weighted by molar-refractivity contribution is -0.175. The smallest absolute Gasteiger partial charge is 0.282 e. The van der Waals surface area contributed by atoms with Crippen LogP contribution < -0.4 is 0 Å². The zero-order chi connectivity index (χ0) is 13.1. The van der Waals surface area contributed by atoms with Crippen molar-refractivity contribution in [3.63, 3.8) is 0 Å². The van der Waals surface area contributed by atoms with Gasteiger partial charge in [0.05, 0.1) is 13.1 Å². The van der Waals surface area contributed by atoms with E-state index in [9.17, 15) is 13.6 Å². The topological polar surface area (TPSA) is 20.3 Å². The Balaban J connectivity index is 2.61. The summed E-state index contributed by atoms with van der Waals surface area (Å²) in [5, 5.41) is 0. The highest BCUT2D eigenvalue weighted by atomic mass is 19.3. The number of halogens is 2. The molecule has 0 saturated carbocycles. The largest absolute Gasteiger partial charge is 0.330 e. The number of likely N-dealkylation sites (tertiary alicyclic amines) is 1. The van der Waals surface area contributed by atoms with Gasteiger partial charge in [0.2, 0.25) is 5.91 Å². The first-order valence-electron chi connectivity index (χ1n) is 6.52. The number of alkyl halides is 2. The van der Waals surface area contributed by atoms with Crippen LogP contribution in [0.2, 0.25) is 0 Å². The van der Waals surface area contributed by atoms with E-state index in [-0.39, 0.29) is 5.91 Å². The molecule has 1 saturated heterocycles. The van der Waals surface area contributed by atoms with Crippen LogP contribution in [0.25, 0.3) is 0 Å². The molecule has 1 fully saturated rings. The van der Waals surface area contributed by atoms with E-state index in [1.807, 2.05) is 13.8 Å². The summed E-state index contributed by atoms with van der Waals surface area (Å²) < 4.78 is 25.6. The van der Waals surface area contributed by atoms with E-state index in [0.29, 0.717) is 0 Å². The van der Waals surface area contributed by atoms with E-state index < -0.39 is 24.4 Å². The Morgan fingerprint density at radius 1 is 1.24 bits per heavy atom. The fourth-order valence-electron chi connectivity index (χ4n) is 2.50. The van der Waals surface area contributed by atoms with Crippen molar-refractivity contribution >= 4 is 5.91 Å². The number of rotatable bonds is 6. The Labute approximate surface area is 102 Å². The number of amides is 1. The molecule has 100 valence electrons. The van der Waals surface area contributed by atoms with Crippen LogP contribution in [0, 0.1) is 5.41 Å².